The number of ketones is 2. The summed E-state index contributed by atoms with van der Waals surface area (Å²) < 4.78 is 51.5. The molecule has 13 N–H and O–H groups in total. The Morgan fingerprint density at radius 1 is 0.554 bits per heavy atom. The number of aromatic amines is 1. The van der Waals surface area contributed by atoms with E-state index in [0.717, 1.165) is 35.0 Å². The van der Waals surface area contributed by atoms with Crippen molar-refractivity contribution >= 4 is 265 Å². The van der Waals surface area contributed by atoms with Gasteiger partial charge in [0.05, 0.1) is 54.8 Å². The number of H-pyrrole nitrogens is 1. The molecule has 0 aliphatic heterocycles. The Morgan fingerprint density at radius 3 is 1.27 bits per heavy atom. The van der Waals surface area contributed by atoms with Gasteiger partial charge in [0.1, 0.15) is 36.7 Å². The summed E-state index contributed by atoms with van der Waals surface area (Å²) in [5, 5.41) is 73.1. The molecule has 139 heavy (non-hydrogen) atoms. The van der Waals surface area contributed by atoms with Crippen molar-refractivity contribution in [1.82, 2.24) is 86.8 Å². The van der Waals surface area contributed by atoms with Crippen LogP contribution in [0.5, 0.6) is 5.75 Å². The molecule has 4 amide bonds. The topological polar surface area (TPSA) is 758 Å². The standard InChI is InChI=1S/C12H12ClN5OS.C11H9ClN4O2S.C8H8N4O3S.C7H8N2O5.C7H10O5.C6H5Cl2N3O.C6H7N3O3.C6H8N2S.C6H15N.C5H2Cl2N2O2.Cl3OP.Li.H2O/c1-14-12(19)10-7(6-9(13)17-18-10)16-11-8(20-2)4-3-5-15-11;1-19-7-3-2-4-13-10(7)14-6-5-8(12)15-16-9(6)11(17)18;1-6(13)10-7-2-4-8(5-3-7)16(14,15)12-11-9;1-13-5(11)3-4(10)6(9-8)7(12)14-2;1-11-6(9)3-5(8)4-7(10)12-2;1-9-6(12)5-3(7)2-4(8)10-11-5;1-7-6(12)5-3(10)2-4(11)8-9-5;1-9-5-3-2-4-8-6(5)7;1-4-7(5-2)6-3;6-2-1-3(7)8-9-4(2)5(10)11;1-5(2,3)4;;/h3-6H,1-2H3,(H,14,19)(H,15,16,17);2-5H,1H3,(H,17,18)(H,13,14,15);2-5H,1H3,(H,10,13);3H2,1-2H3;3-4H2,1-2H3;2H,1H3,(H,9,12);2H,1H3,(H,7,12)(H2,8,10,11);2-4H,1H3,(H2,7,8);4-6H2,1-3H3;1H,(H,10,11);;;1H2/q;;;;;;;;;;;+1;/p-1. The molecule has 0 unspecified atom stereocenters. The average Bonchev–Trinajstić information content (AvgIpc) is 0.831. The summed E-state index contributed by atoms with van der Waals surface area (Å²) >= 11 is 52.0. The van der Waals surface area contributed by atoms with Crippen LogP contribution in [0.25, 0.3) is 16.0 Å². The maximum Gasteiger partial charge on any atom is 1.00 e. The third-order valence-corrected chi connectivity index (χ3v) is 19.2. The number of carboxylic acid groups (broad SMARTS) is 2. The van der Waals surface area contributed by atoms with Crippen LogP contribution in [-0.2, 0) is 67.1 Å². The van der Waals surface area contributed by atoms with Gasteiger partial charge in [0.25, 0.3) is 39.1 Å². The van der Waals surface area contributed by atoms with Gasteiger partial charge in [0, 0.05) is 94.7 Å². The maximum absolute atomic E-state index is 11.8. The summed E-state index contributed by atoms with van der Waals surface area (Å²) in [6.45, 7) is 11.5. The number of hydrogen-bond donors (Lipinski definition) is 11. The Labute approximate surface area is 860 Å². The molecule has 8 heterocycles. The van der Waals surface area contributed by atoms with Gasteiger partial charge in [0.15, 0.2) is 60.6 Å². The number of nitrogens with two attached hydrogens (primary N) is 1. The number of anilines is 6. The second kappa shape index (κ2) is 73.3. The summed E-state index contributed by atoms with van der Waals surface area (Å²) in [7, 11) is 4.89. The molecule has 9 aromatic rings. The predicted octanol–water partition coefficient (Wildman–Crippen LogP) is 9.16. The molecule has 0 radical (unpaired) electrons. The molecule has 1 aromatic carbocycles. The molecule has 0 aliphatic carbocycles. The number of hydrogen-bond acceptors (Lipinski definition) is 41. The molecule has 0 saturated carbocycles. The predicted molar refractivity (Wildman–Crippen MR) is 516 cm³/mol. The number of Topliss-reactive ketones (excluding diaryl/α,β-unsaturated/α-hetero) is 2. The van der Waals surface area contributed by atoms with Gasteiger partial charge in [-0.1, -0.05) is 90.4 Å². The summed E-state index contributed by atoms with van der Waals surface area (Å²) in [5.74, 6) is -7.31. The van der Waals surface area contributed by atoms with E-state index >= 15 is 0 Å². The number of aromatic carboxylic acids is 2. The van der Waals surface area contributed by atoms with Crippen molar-refractivity contribution in [2.24, 2.45) is 4.52 Å². The summed E-state index contributed by atoms with van der Waals surface area (Å²) in [4.78, 5) is 163. The number of azide groups is 1. The van der Waals surface area contributed by atoms with Crippen LogP contribution in [0, 0.1) is 0 Å². The second-order valence-corrected chi connectivity index (χ2v) is 36.5. The zero-order valence-electron chi connectivity index (χ0n) is 75.2. The Balaban J connectivity index is -0.000000731. The van der Waals surface area contributed by atoms with E-state index in [1.54, 1.807) is 48.2 Å². The van der Waals surface area contributed by atoms with Gasteiger partial charge in [-0.05, 0) is 150 Å². The molecule has 0 spiro atoms. The minimum Gasteiger partial charge on any atom is -0.870 e. The van der Waals surface area contributed by atoms with Crippen LogP contribution in [0.4, 0.5) is 34.5 Å². The molecule has 748 valence electrons. The number of sulfonamides is 1. The summed E-state index contributed by atoms with van der Waals surface area (Å²) in [5.41, 5.74) is 21.2. The van der Waals surface area contributed by atoms with E-state index in [-0.39, 0.29) is 125 Å². The number of amides is 4. The van der Waals surface area contributed by atoms with E-state index in [2.05, 4.69) is 185 Å². The van der Waals surface area contributed by atoms with Crippen LogP contribution in [0.3, 0.4) is 0 Å². The third kappa shape index (κ3) is 56.1. The molecule has 9 rings (SSSR count). The van der Waals surface area contributed by atoms with Crippen molar-refractivity contribution in [2.45, 2.75) is 66.5 Å². The number of methoxy groups -OCH3 is 4. The number of carboxylic acids is 2. The fraction of sp³-hybridized carbons (Fsp3) is 0.270. The van der Waals surface area contributed by atoms with E-state index < -0.39 is 92.0 Å². The van der Waals surface area contributed by atoms with Crippen LogP contribution >= 0.6 is 144 Å². The number of pyridine rings is 3. The summed E-state index contributed by atoms with van der Waals surface area (Å²) in [6.07, 6.45) is 9.35. The van der Waals surface area contributed by atoms with Gasteiger partial charge in [-0.15, -0.1) is 76.1 Å². The number of carbonyl (C=O) groups is 12. The molecular formula is C74H85Cl9LiN26O24PS4. The van der Waals surface area contributed by atoms with E-state index in [1.807, 2.05) is 54.2 Å². The van der Waals surface area contributed by atoms with Gasteiger partial charge in [0.2, 0.25) is 5.91 Å². The first-order valence-corrected chi connectivity index (χ1v) is 48.6. The van der Waals surface area contributed by atoms with Crippen molar-refractivity contribution in [3.8, 4) is 5.75 Å². The van der Waals surface area contributed by atoms with Crippen LogP contribution < -0.4 is 62.1 Å². The number of aromatic nitrogens is 13. The van der Waals surface area contributed by atoms with Gasteiger partial charge in [-0.3, -0.25) is 52.5 Å². The van der Waals surface area contributed by atoms with Crippen LogP contribution in [0.15, 0.2) is 138 Å². The number of nitrogens with one attached hydrogen (secondary N) is 7. The zero-order chi connectivity index (χ0) is 105. The molecule has 8 aromatic heterocycles. The molecule has 0 saturated heterocycles. The third-order valence-electron chi connectivity index (χ3n) is 14.4. The van der Waals surface area contributed by atoms with Crippen LogP contribution in [-0.4, -0.2) is 270 Å². The molecule has 0 atom stereocenters. The molecule has 0 aliphatic rings. The number of esters is 4. The van der Waals surface area contributed by atoms with Crippen LogP contribution in [0.1, 0.15) is 99.4 Å². The van der Waals surface area contributed by atoms with Gasteiger partial charge >= 0.3 is 65.6 Å². The number of ether oxygens (including phenoxy) is 4. The molecule has 50 nitrogen and oxygen atoms in total. The van der Waals surface area contributed by atoms with E-state index in [4.69, 9.17) is 102 Å². The minimum atomic E-state index is -3.96. The van der Waals surface area contributed by atoms with Gasteiger partial charge in [-0.2, -0.15) is 9.89 Å². The Kier molecular flexibility index (Phi) is 70.4. The largest absolute Gasteiger partial charge is 1.00 e. The SMILES string of the molecule is CC(=O)Nc1ccc(S(=O)(=O)N=[N+]=[N-])cc1.CCN(CC)CC.CNC(=O)c1n[nH]c(=O)cc1O.CNC(=O)c1nnc(Cl)cc1Cl.CNC(=O)c1nnc(Cl)cc1Nc1ncccc1SC.COC(=O)CC(=O)C(=[N+]=[N-])C(=O)OC.COC(=O)CC(=O)CC(=O)OC.CSc1cccnc1N.CSc1cccnc1Nc1cc(Cl)nnc1C(=O)O.O=C(O)c1nnc(Cl)cc1Cl.O=P(Cl)(Cl)Cl.[Li+].[OH-]. The smallest absolute Gasteiger partial charge is 0.870 e. The number of nitrogens with zero attached hydrogens (tertiary/aromatic N) is 18. The number of nitrogen functional groups attached to an aromatic ring is 1. The monoisotopic (exact) mass is 2200 g/mol. The van der Waals surface area contributed by atoms with Gasteiger partial charge in [-0.25, -0.2) is 42.9 Å². The average molecular weight is 2210 g/mol. The Morgan fingerprint density at radius 2 is 0.928 bits per heavy atom. The minimum absolute atomic E-state index is 0. The molecule has 65 heteroatoms. The molecular weight excluding hydrogens is 2120 g/mol. The second-order valence-electron chi connectivity index (χ2n) is 23.4. The number of aromatic hydroxyl groups is 1. The van der Waals surface area contributed by atoms with Crippen molar-refractivity contribution in [3.05, 3.63) is 195 Å². The van der Waals surface area contributed by atoms with Crippen molar-refractivity contribution in [2.75, 3.05) is 110 Å². The van der Waals surface area contributed by atoms with Gasteiger partial charge < -0.3 is 87.8 Å². The Bertz CT molecular complexity index is 5910. The Hall–Kier alpha value is -11.8. The van der Waals surface area contributed by atoms with E-state index in [0.29, 0.717) is 28.8 Å². The van der Waals surface area contributed by atoms with Crippen molar-refractivity contribution in [3.63, 3.8) is 0 Å². The van der Waals surface area contributed by atoms with E-state index in [9.17, 15) is 75.3 Å². The maximum atomic E-state index is 11.8. The first kappa shape index (κ1) is 133. The molecule has 0 bridgehead atoms. The normalized spacial score (nSPS) is 9.61. The number of rotatable bonds is 26. The number of halogens is 9. The van der Waals surface area contributed by atoms with Crippen molar-refractivity contribution in [1.29, 1.82) is 0 Å². The van der Waals surface area contributed by atoms with Crippen LogP contribution in [0.2, 0.25) is 30.7 Å². The van der Waals surface area contributed by atoms with E-state index in [1.165, 1.54) is 122 Å². The van der Waals surface area contributed by atoms with Crippen molar-refractivity contribution < 1.29 is 134 Å². The molecule has 0 fully saturated rings. The number of benzene rings is 1. The number of thioether (sulfide) groups is 3. The quantitative estimate of drug-likeness (QED) is 0.00230. The fourth-order valence-electron chi connectivity index (χ4n) is 8.09. The summed E-state index contributed by atoms with van der Waals surface area (Å²) in [6, 6.07) is 23.0. The number of carbonyl (C=O) groups excluding carboxylic acids is 10. The first-order chi connectivity index (χ1) is 64.5. The first-order valence-electron chi connectivity index (χ1n) is 36.8. The zero-order valence-corrected chi connectivity index (χ0v) is 86.2. The fourth-order valence-corrected chi connectivity index (χ4v) is 11.4.